The highest BCUT2D eigenvalue weighted by Gasteiger charge is 2.19. The first kappa shape index (κ1) is 18.8. The molecule has 0 radical (unpaired) electrons. The number of aromatic hydroxyl groups is 1. The van der Waals surface area contributed by atoms with Crippen molar-refractivity contribution in [2.24, 2.45) is 0 Å². The quantitative estimate of drug-likeness (QED) is 0.771. The minimum atomic E-state index is -3.82. The Bertz CT molecular complexity index is 929. The van der Waals surface area contributed by atoms with Crippen LogP contribution >= 0.6 is 11.6 Å². The lowest BCUT2D eigenvalue weighted by molar-refractivity contribution is 0.318. The van der Waals surface area contributed by atoms with Gasteiger partial charge < -0.3 is 9.84 Å². The number of phenolic OH excluding ortho intramolecular Hbond substituents is 1. The molecule has 2 aromatic rings. The van der Waals surface area contributed by atoms with E-state index in [1.54, 1.807) is 37.3 Å². The van der Waals surface area contributed by atoms with Gasteiger partial charge in [0.15, 0.2) is 21.3 Å². The Hall–Kier alpha value is -2.49. The molecule has 0 aliphatic rings. The number of nitriles is 1. The Labute approximate surface area is 151 Å². The first-order chi connectivity index (χ1) is 11.9. The highest BCUT2D eigenvalue weighted by Crippen LogP contribution is 2.28. The fourth-order valence-corrected chi connectivity index (χ4v) is 3.48. The van der Waals surface area contributed by atoms with Gasteiger partial charge in [-0.15, -0.1) is 0 Å². The van der Waals surface area contributed by atoms with Gasteiger partial charge in [-0.05, 0) is 48.4 Å². The summed E-state index contributed by atoms with van der Waals surface area (Å²) in [7, 11) is -3.82. The van der Waals surface area contributed by atoms with Crippen molar-refractivity contribution >= 4 is 27.5 Å². The van der Waals surface area contributed by atoms with E-state index in [0.29, 0.717) is 22.8 Å². The summed E-state index contributed by atoms with van der Waals surface area (Å²) < 4.78 is 30.2. The van der Waals surface area contributed by atoms with Crippen molar-refractivity contribution in [3.05, 3.63) is 63.5 Å². The lowest BCUT2D eigenvalue weighted by atomic mass is 10.2. The van der Waals surface area contributed by atoms with Crippen LogP contribution in [0.5, 0.6) is 11.5 Å². The third-order valence-corrected chi connectivity index (χ3v) is 5.14. The number of hydrogen-bond acceptors (Lipinski definition) is 5. The van der Waals surface area contributed by atoms with Gasteiger partial charge >= 0.3 is 0 Å². The number of halogens is 1. The zero-order valence-corrected chi connectivity index (χ0v) is 15.0. The maximum Gasteiger partial charge on any atom is 0.192 e. The van der Waals surface area contributed by atoms with E-state index in [0.717, 1.165) is 0 Å². The number of hydrogen-bond donors (Lipinski definition) is 1. The van der Waals surface area contributed by atoms with Crippen LogP contribution in [0.4, 0.5) is 0 Å². The van der Waals surface area contributed by atoms with Crippen molar-refractivity contribution in [3.8, 4) is 17.6 Å². The first-order valence-electron chi connectivity index (χ1n) is 7.40. The Morgan fingerprint density at radius 1 is 1.28 bits per heavy atom. The van der Waals surface area contributed by atoms with Gasteiger partial charge in [-0.25, -0.2) is 8.42 Å². The predicted octanol–water partition coefficient (Wildman–Crippen LogP) is 3.92. The number of sulfone groups is 1. The van der Waals surface area contributed by atoms with Gasteiger partial charge in [-0.1, -0.05) is 29.8 Å². The lowest BCUT2D eigenvalue weighted by Gasteiger charge is -2.07. The standard InChI is InChI=1S/C18H16ClNO4S/c1-2-24-18-10-14(5-8-17(18)21)9-16(11-20)25(22,23)12-13-3-6-15(19)7-4-13/h3-10,21H,2,12H2,1H3. The Morgan fingerprint density at radius 3 is 2.56 bits per heavy atom. The van der Waals surface area contributed by atoms with Crippen molar-refractivity contribution in [2.45, 2.75) is 12.7 Å². The van der Waals surface area contributed by atoms with Crippen molar-refractivity contribution in [1.29, 1.82) is 5.26 Å². The molecule has 7 heteroatoms. The molecule has 0 aromatic heterocycles. The number of nitrogens with zero attached hydrogens (tertiary/aromatic N) is 1. The van der Waals surface area contributed by atoms with Gasteiger partial charge in [0.1, 0.15) is 11.0 Å². The summed E-state index contributed by atoms with van der Waals surface area (Å²) in [5, 5.41) is 19.5. The maximum atomic E-state index is 12.5. The molecule has 0 bridgehead atoms. The fourth-order valence-electron chi connectivity index (χ4n) is 2.11. The minimum absolute atomic E-state index is 0.0541. The second kappa shape index (κ2) is 8.06. The number of rotatable bonds is 6. The van der Waals surface area contributed by atoms with E-state index in [-0.39, 0.29) is 22.2 Å². The zero-order chi connectivity index (χ0) is 18.4. The molecule has 0 unspecified atom stereocenters. The van der Waals surface area contributed by atoms with E-state index in [4.69, 9.17) is 16.3 Å². The molecule has 0 saturated carbocycles. The number of allylic oxidation sites excluding steroid dienone is 1. The van der Waals surface area contributed by atoms with Crippen LogP contribution in [0.2, 0.25) is 5.02 Å². The fraction of sp³-hybridized carbons (Fsp3) is 0.167. The monoisotopic (exact) mass is 377 g/mol. The van der Waals surface area contributed by atoms with E-state index < -0.39 is 9.84 Å². The summed E-state index contributed by atoms with van der Waals surface area (Å²) in [5.74, 6) is -0.134. The van der Waals surface area contributed by atoms with Crippen LogP contribution in [-0.2, 0) is 15.6 Å². The number of ether oxygens (including phenoxy) is 1. The topological polar surface area (TPSA) is 87.4 Å². The molecule has 0 atom stereocenters. The van der Waals surface area contributed by atoms with Crippen molar-refractivity contribution < 1.29 is 18.3 Å². The van der Waals surface area contributed by atoms with Crippen LogP contribution in [0.15, 0.2) is 47.4 Å². The van der Waals surface area contributed by atoms with Crippen LogP contribution in [0.25, 0.3) is 6.08 Å². The summed E-state index contributed by atoms with van der Waals surface area (Å²) in [6, 6.07) is 12.5. The molecular formula is C18H16ClNO4S. The normalized spacial score (nSPS) is 11.8. The van der Waals surface area contributed by atoms with E-state index in [1.165, 1.54) is 24.3 Å². The molecule has 0 saturated heterocycles. The molecule has 0 fully saturated rings. The molecule has 25 heavy (non-hydrogen) atoms. The van der Waals surface area contributed by atoms with Gasteiger partial charge in [0.2, 0.25) is 0 Å². The van der Waals surface area contributed by atoms with E-state index >= 15 is 0 Å². The largest absolute Gasteiger partial charge is 0.504 e. The highest BCUT2D eigenvalue weighted by molar-refractivity contribution is 7.95. The SMILES string of the molecule is CCOc1cc(C=C(C#N)S(=O)(=O)Cc2ccc(Cl)cc2)ccc1O. The van der Waals surface area contributed by atoms with E-state index in [9.17, 15) is 18.8 Å². The Kier molecular flexibility index (Phi) is 6.07. The second-order valence-corrected chi connectivity index (χ2v) is 7.56. The van der Waals surface area contributed by atoms with Gasteiger partial charge in [-0.2, -0.15) is 5.26 Å². The summed E-state index contributed by atoms with van der Waals surface area (Å²) in [4.78, 5) is -0.365. The van der Waals surface area contributed by atoms with Crippen LogP contribution in [0.3, 0.4) is 0 Å². The molecule has 130 valence electrons. The maximum absolute atomic E-state index is 12.5. The number of benzene rings is 2. The van der Waals surface area contributed by atoms with Crippen LogP contribution in [0, 0.1) is 11.3 Å². The molecule has 2 aromatic carbocycles. The molecular weight excluding hydrogens is 362 g/mol. The summed E-state index contributed by atoms with van der Waals surface area (Å²) >= 11 is 5.79. The first-order valence-corrected chi connectivity index (χ1v) is 9.43. The van der Waals surface area contributed by atoms with Crippen molar-refractivity contribution in [2.75, 3.05) is 6.61 Å². The zero-order valence-electron chi connectivity index (χ0n) is 13.4. The van der Waals surface area contributed by atoms with Crippen molar-refractivity contribution in [3.63, 3.8) is 0 Å². The molecule has 0 spiro atoms. The molecule has 1 N–H and O–H groups in total. The molecule has 2 rings (SSSR count). The summed E-state index contributed by atoms with van der Waals surface area (Å²) in [6.45, 7) is 2.11. The predicted molar refractivity (Wildman–Crippen MR) is 96.9 cm³/mol. The van der Waals surface area contributed by atoms with Gasteiger partial charge in [0.05, 0.1) is 12.4 Å². The summed E-state index contributed by atoms with van der Waals surface area (Å²) in [6.07, 6.45) is 1.26. The third kappa shape index (κ3) is 4.99. The van der Waals surface area contributed by atoms with Gasteiger partial charge in [0.25, 0.3) is 0 Å². The van der Waals surface area contributed by atoms with Gasteiger partial charge in [0, 0.05) is 5.02 Å². The average Bonchev–Trinajstić information content (AvgIpc) is 2.57. The minimum Gasteiger partial charge on any atom is -0.504 e. The van der Waals surface area contributed by atoms with Crippen LogP contribution in [-0.4, -0.2) is 20.1 Å². The number of phenols is 1. The third-order valence-electron chi connectivity index (χ3n) is 3.30. The van der Waals surface area contributed by atoms with Crippen LogP contribution < -0.4 is 4.74 Å². The average molecular weight is 378 g/mol. The summed E-state index contributed by atoms with van der Waals surface area (Å²) in [5.41, 5.74) is 0.976. The second-order valence-electron chi connectivity index (χ2n) is 5.17. The molecule has 0 aliphatic carbocycles. The molecule has 5 nitrogen and oxygen atoms in total. The Morgan fingerprint density at radius 2 is 1.96 bits per heavy atom. The lowest BCUT2D eigenvalue weighted by Crippen LogP contribution is -2.06. The van der Waals surface area contributed by atoms with Crippen molar-refractivity contribution in [1.82, 2.24) is 0 Å². The van der Waals surface area contributed by atoms with E-state index in [1.807, 2.05) is 0 Å². The molecule has 0 aliphatic heterocycles. The van der Waals surface area contributed by atoms with Gasteiger partial charge in [-0.3, -0.25) is 0 Å². The van der Waals surface area contributed by atoms with Crippen LogP contribution in [0.1, 0.15) is 18.1 Å². The molecule has 0 amide bonds. The van der Waals surface area contributed by atoms with E-state index in [2.05, 4.69) is 0 Å². The molecule has 0 heterocycles. The highest BCUT2D eigenvalue weighted by atomic mass is 35.5. The Balaban J connectivity index is 2.34. The smallest absolute Gasteiger partial charge is 0.192 e.